The summed E-state index contributed by atoms with van der Waals surface area (Å²) in [5, 5.41) is 5.99. The van der Waals surface area contributed by atoms with E-state index in [4.69, 9.17) is 0 Å². The summed E-state index contributed by atoms with van der Waals surface area (Å²) >= 11 is 0. The van der Waals surface area contributed by atoms with Crippen LogP contribution in [0.25, 0.3) is 0 Å². The summed E-state index contributed by atoms with van der Waals surface area (Å²) in [5.74, 6) is 0.429. The van der Waals surface area contributed by atoms with E-state index in [1.54, 1.807) is 0 Å². The Kier molecular flexibility index (Phi) is 6.23. The molecule has 5 nitrogen and oxygen atoms in total. The first-order valence-corrected chi connectivity index (χ1v) is 8.83. The van der Waals surface area contributed by atoms with E-state index in [2.05, 4.69) is 24.5 Å². The predicted molar refractivity (Wildman–Crippen MR) is 96.3 cm³/mol. The van der Waals surface area contributed by atoms with Crippen LogP contribution < -0.4 is 10.6 Å². The van der Waals surface area contributed by atoms with Crippen LogP contribution in [0.4, 0.5) is 4.79 Å². The standard InChI is InChI=1S/C19H29N3O2/c1-13(2)15-5-7-16(8-6-15)18(23)21-17-9-11-22(12-10-17)19(24)20-14(3)4/h5-8,13-14,17H,9-12H2,1-4H3,(H,20,24)(H,21,23). The molecule has 1 saturated heterocycles. The highest BCUT2D eigenvalue weighted by Crippen LogP contribution is 2.16. The molecule has 24 heavy (non-hydrogen) atoms. The van der Waals surface area contributed by atoms with Crippen molar-refractivity contribution in [1.82, 2.24) is 15.5 Å². The van der Waals surface area contributed by atoms with Gasteiger partial charge in [-0.2, -0.15) is 0 Å². The summed E-state index contributed by atoms with van der Waals surface area (Å²) in [7, 11) is 0. The number of likely N-dealkylation sites (tertiary alicyclic amines) is 1. The number of nitrogens with zero attached hydrogens (tertiary/aromatic N) is 1. The maximum atomic E-state index is 12.4. The van der Waals surface area contributed by atoms with Crippen LogP contribution in [0.5, 0.6) is 0 Å². The molecule has 3 amide bonds. The molecule has 0 bridgehead atoms. The van der Waals surface area contributed by atoms with Gasteiger partial charge < -0.3 is 15.5 Å². The molecule has 0 atom stereocenters. The number of carbonyl (C=O) groups is 2. The fourth-order valence-corrected chi connectivity index (χ4v) is 2.85. The van der Waals surface area contributed by atoms with E-state index in [1.165, 1.54) is 5.56 Å². The molecular weight excluding hydrogens is 302 g/mol. The van der Waals surface area contributed by atoms with Crippen LogP contribution >= 0.6 is 0 Å². The number of hydrogen-bond acceptors (Lipinski definition) is 2. The summed E-state index contributed by atoms with van der Waals surface area (Å²) in [5.41, 5.74) is 1.93. The number of benzene rings is 1. The zero-order valence-corrected chi connectivity index (χ0v) is 15.1. The van der Waals surface area contributed by atoms with Gasteiger partial charge in [-0.1, -0.05) is 26.0 Å². The Hall–Kier alpha value is -2.04. The molecule has 1 aromatic carbocycles. The minimum absolute atomic E-state index is 0.0148. The van der Waals surface area contributed by atoms with Gasteiger partial charge in [-0.25, -0.2) is 4.79 Å². The minimum atomic E-state index is -0.0320. The second kappa shape index (κ2) is 8.18. The molecular formula is C19H29N3O2. The van der Waals surface area contributed by atoms with Gasteiger partial charge in [-0.05, 0) is 50.3 Å². The first-order valence-electron chi connectivity index (χ1n) is 8.83. The summed E-state index contributed by atoms with van der Waals surface area (Å²) in [4.78, 5) is 26.1. The number of hydrogen-bond donors (Lipinski definition) is 2. The minimum Gasteiger partial charge on any atom is -0.349 e. The van der Waals surface area contributed by atoms with Gasteiger partial charge in [0.25, 0.3) is 5.91 Å². The monoisotopic (exact) mass is 331 g/mol. The third-order valence-corrected chi connectivity index (χ3v) is 4.37. The number of amides is 3. The highest BCUT2D eigenvalue weighted by molar-refractivity contribution is 5.94. The number of rotatable bonds is 4. The topological polar surface area (TPSA) is 61.4 Å². The van der Waals surface area contributed by atoms with Crippen molar-refractivity contribution in [3.63, 3.8) is 0 Å². The van der Waals surface area contributed by atoms with E-state index in [9.17, 15) is 9.59 Å². The van der Waals surface area contributed by atoms with Crippen LogP contribution in [0.1, 0.15) is 62.4 Å². The Labute approximate surface area is 144 Å². The van der Waals surface area contributed by atoms with E-state index in [0.29, 0.717) is 24.6 Å². The Bertz CT molecular complexity index is 558. The molecule has 0 unspecified atom stereocenters. The summed E-state index contributed by atoms with van der Waals surface area (Å²) in [6.45, 7) is 9.53. The van der Waals surface area contributed by atoms with Gasteiger partial charge >= 0.3 is 6.03 Å². The lowest BCUT2D eigenvalue weighted by Gasteiger charge is -2.33. The molecule has 1 aliphatic rings. The van der Waals surface area contributed by atoms with Crippen molar-refractivity contribution in [1.29, 1.82) is 0 Å². The molecule has 0 spiro atoms. The van der Waals surface area contributed by atoms with Gasteiger partial charge in [0.05, 0.1) is 0 Å². The van der Waals surface area contributed by atoms with Gasteiger partial charge in [0.15, 0.2) is 0 Å². The second-order valence-electron chi connectivity index (χ2n) is 7.12. The van der Waals surface area contributed by atoms with Crippen LogP contribution in [-0.2, 0) is 0 Å². The van der Waals surface area contributed by atoms with E-state index in [1.807, 2.05) is 43.0 Å². The van der Waals surface area contributed by atoms with Crippen molar-refractivity contribution in [3.8, 4) is 0 Å². The Balaban J connectivity index is 1.83. The molecule has 1 heterocycles. The number of urea groups is 1. The first kappa shape index (κ1) is 18.3. The average molecular weight is 331 g/mol. The predicted octanol–water partition coefficient (Wildman–Crippen LogP) is 3.12. The summed E-state index contributed by atoms with van der Waals surface area (Å²) in [6.07, 6.45) is 1.59. The zero-order chi connectivity index (χ0) is 17.7. The van der Waals surface area contributed by atoms with Gasteiger partial charge in [0.2, 0.25) is 0 Å². The molecule has 0 aliphatic carbocycles. The normalized spacial score (nSPS) is 15.7. The molecule has 2 rings (SSSR count). The van der Waals surface area contributed by atoms with Crippen molar-refractivity contribution >= 4 is 11.9 Å². The third kappa shape index (κ3) is 4.98. The van der Waals surface area contributed by atoms with Crippen molar-refractivity contribution < 1.29 is 9.59 Å². The highest BCUT2D eigenvalue weighted by atomic mass is 16.2. The number of nitrogens with one attached hydrogen (secondary N) is 2. The lowest BCUT2D eigenvalue weighted by Crippen LogP contribution is -2.50. The van der Waals surface area contributed by atoms with E-state index < -0.39 is 0 Å². The van der Waals surface area contributed by atoms with Gasteiger partial charge in [-0.3, -0.25) is 4.79 Å². The SMILES string of the molecule is CC(C)NC(=O)N1CCC(NC(=O)c2ccc(C(C)C)cc2)CC1. The van der Waals surface area contributed by atoms with Crippen LogP contribution in [0.2, 0.25) is 0 Å². The smallest absolute Gasteiger partial charge is 0.317 e. The van der Waals surface area contributed by atoms with Crippen LogP contribution in [0.3, 0.4) is 0 Å². The van der Waals surface area contributed by atoms with Gasteiger partial charge in [-0.15, -0.1) is 0 Å². The van der Waals surface area contributed by atoms with Crippen molar-refractivity contribution in [3.05, 3.63) is 35.4 Å². The molecule has 0 radical (unpaired) electrons. The van der Waals surface area contributed by atoms with Crippen molar-refractivity contribution in [2.75, 3.05) is 13.1 Å². The fraction of sp³-hybridized carbons (Fsp3) is 0.579. The van der Waals surface area contributed by atoms with E-state index in [0.717, 1.165) is 12.8 Å². The molecule has 132 valence electrons. The lowest BCUT2D eigenvalue weighted by molar-refractivity contribution is 0.0917. The van der Waals surface area contributed by atoms with Crippen LogP contribution in [0.15, 0.2) is 24.3 Å². The second-order valence-corrected chi connectivity index (χ2v) is 7.12. The van der Waals surface area contributed by atoms with Crippen molar-refractivity contribution in [2.45, 2.75) is 58.5 Å². The quantitative estimate of drug-likeness (QED) is 0.890. The molecule has 1 aromatic rings. The summed E-state index contributed by atoms with van der Waals surface area (Å²) in [6, 6.07) is 8.05. The summed E-state index contributed by atoms with van der Waals surface area (Å²) < 4.78 is 0. The Morgan fingerprint density at radius 1 is 1.04 bits per heavy atom. The third-order valence-electron chi connectivity index (χ3n) is 4.37. The number of piperidine rings is 1. The Morgan fingerprint density at radius 3 is 2.12 bits per heavy atom. The van der Waals surface area contributed by atoms with Crippen molar-refractivity contribution in [2.24, 2.45) is 0 Å². The van der Waals surface area contributed by atoms with Crippen LogP contribution in [0, 0.1) is 0 Å². The molecule has 0 saturated carbocycles. The van der Waals surface area contributed by atoms with E-state index in [-0.39, 0.29) is 24.0 Å². The van der Waals surface area contributed by atoms with Gasteiger partial charge in [0, 0.05) is 30.7 Å². The Morgan fingerprint density at radius 2 is 1.62 bits per heavy atom. The molecule has 1 fully saturated rings. The maximum Gasteiger partial charge on any atom is 0.317 e. The van der Waals surface area contributed by atoms with Gasteiger partial charge in [0.1, 0.15) is 0 Å². The molecule has 0 aromatic heterocycles. The first-order chi connectivity index (χ1) is 11.4. The molecule has 2 N–H and O–H groups in total. The molecule has 5 heteroatoms. The lowest BCUT2D eigenvalue weighted by atomic mass is 10.0. The number of carbonyl (C=O) groups excluding carboxylic acids is 2. The largest absolute Gasteiger partial charge is 0.349 e. The fourth-order valence-electron chi connectivity index (χ4n) is 2.85. The van der Waals surface area contributed by atoms with Crippen LogP contribution in [-0.4, -0.2) is 42.0 Å². The molecule has 1 aliphatic heterocycles. The average Bonchev–Trinajstić information content (AvgIpc) is 2.55. The van der Waals surface area contributed by atoms with E-state index >= 15 is 0 Å². The maximum absolute atomic E-state index is 12.4. The highest BCUT2D eigenvalue weighted by Gasteiger charge is 2.24. The zero-order valence-electron chi connectivity index (χ0n) is 15.1.